The van der Waals surface area contributed by atoms with Crippen LogP contribution in [0.25, 0.3) is 0 Å². The Morgan fingerprint density at radius 3 is 2.71 bits per heavy atom. The predicted molar refractivity (Wildman–Crippen MR) is 57.3 cm³/mol. The van der Waals surface area contributed by atoms with Gasteiger partial charge in [-0.2, -0.15) is 0 Å². The molecule has 1 saturated heterocycles. The fourth-order valence-corrected chi connectivity index (χ4v) is 1.92. The van der Waals surface area contributed by atoms with Crippen LogP contribution in [0.1, 0.15) is 20.8 Å². The first-order chi connectivity index (χ1) is 6.47. The third-order valence-corrected chi connectivity index (χ3v) is 3.01. The number of likely N-dealkylation sites (tertiary alicyclic amines) is 1. The van der Waals surface area contributed by atoms with Crippen LogP contribution < -0.4 is 5.73 Å². The van der Waals surface area contributed by atoms with Crippen LogP contribution in [0.4, 0.5) is 0 Å². The lowest BCUT2D eigenvalue weighted by molar-refractivity contribution is 0.0799. The lowest BCUT2D eigenvalue weighted by atomic mass is 9.83. The van der Waals surface area contributed by atoms with Crippen LogP contribution in [-0.4, -0.2) is 37.2 Å². The zero-order chi connectivity index (χ0) is 10.8. The molecule has 0 amide bonds. The number of guanidine groups is 1. The van der Waals surface area contributed by atoms with E-state index in [1.807, 2.05) is 11.8 Å². The molecule has 1 aliphatic rings. The molecule has 1 rings (SSSR count). The fraction of sp³-hybridized carbons (Fsp3) is 0.900. The molecular formula is C10H21N3O. The Hall–Kier alpha value is -0.770. The molecule has 82 valence electrons. The molecule has 0 aromatic heterocycles. The van der Waals surface area contributed by atoms with Crippen LogP contribution >= 0.6 is 0 Å². The van der Waals surface area contributed by atoms with Gasteiger partial charge in [-0.15, -0.1) is 0 Å². The van der Waals surface area contributed by atoms with Crippen LogP contribution in [0.3, 0.4) is 0 Å². The molecule has 0 aliphatic carbocycles. The molecule has 1 fully saturated rings. The Bertz CT molecular complexity index is 215. The molecule has 1 heterocycles. The third-order valence-electron chi connectivity index (χ3n) is 3.01. The van der Waals surface area contributed by atoms with Crippen molar-refractivity contribution in [3.8, 4) is 0 Å². The second-order valence-electron chi connectivity index (χ2n) is 4.61. The van der Waals surface area contributed by atoms with E-state index in [0.29, 0.717) is 5.92 Å². The quantitative estimate of drug-likeness (QED) is 0.524. The minimum absolute atomic E-state index is 0.178. The Labute approximate surface area is 85.9 Å². The average Bonchev–Trinajstić information content (AvgIpc) is 2.38. The second kappa shape index (κ2) is 4.17. The monoisotopic (exact) mass is 199 g/mol. The molecular weight excluding hydrogens is 178 g/mol. The molecule has 4 heteroatoms. The van der Waals surface area contributed by atoms with Crippen LogP contribution in [0, 0.1) is 16.7 Å². The van der Waals surface area contributed by atoms with E-state index in [-0.39, 0.29) is 11.4 Å². The maximum atomic E-state index is 7.40. The van der Waals surface area contributed by atoms with Crippen molar-refractivity contribution >= 4 is 5.96 Å². The van der Waals surface area contributed by atoms with Crippen molar-refractivity contribution in [1.29, 1.82) is 5.41 Å². The standard InChI is InChI=1S/C10H21N3O/c1-4-14-6-8-5-13(9(11)12)7-10(8,2)3/h8H,4-7H2,1-3H3,(H3,11,12)/t8-/m1/s1. The van der Waals surface area contributed by atoms with Gasteiger partial charge in [-0.05, 0) is 12.3 Å². The summed E-state index contributed by atoms with van der Waals surface area (Å²) in [5.74, 6) is 0.656. The number of hydrogen-bond acceptors (Lipinski definition) is 2. The molecule has 0 aromatic rings. The number of nitrogens with one attached hydrogen (secondary N) is 1. The predicted octanol–water partition coefficient (Wildman–Crippen LogP) is 0.874. The first kappa shape index (κ1) is 11.3. The molecule has 0 radical (unpaired) electrons. The Balaban J connectivity index is 2.55. The largest absolute Gasteiger partial charge is 0.381 e. The average molecular weight is 199 g/mol. The Morgan fingerprint density at radius 1 is 1.64 bits per heavy atom. The second-order valence-corrected chi connectivity index (χ2v) is 4.61. The summed E-state index contributed by atoms with van der Waals surface area (Å²) in [5.41, 5.74) is 5.67. The van der Waals surface area contributed by atoms with Crippen molar-refractivity contribution in [1.82, 2.24) is 4.90 Å². The highest BCUT2D eigenvalue weighted by Crippen LogP contribution is 2.34. The molecule has 0 saturated carbocycles. The smallest absolute Gasteiger partial charge is 0.188 e. The van der Waals surface area contributed by atoms with Crippen LogP contribution in [-0.2, 0) is 4.74 Å². The van der Waals surface area contributed by atoms with Gasteiger partial charge >= 0.3 is 0 Å². The maximum Gasteiger partial charge on any atom is 0.188 e. The Morgan fingerprint density at radius 2 is 2.29 bits per heavy atom. The van der Waals surface area contributed by atoms with Crippen molar-refractivity contribution in [2.45, 2.75) is 20.8 Å². The van der Waals surface area contributed by atoms with E-state index >= 15 is 0 Å². The molecule has 0 spiro atoms. The normalized spacial score (nSPS) is 25.4. The van der Waals surface area contributed by atoms with Gasteiger partial charge in [0.15, 0.2) is 5.96 Å². The van der Waals surface area contributed by atoms with Crippen molar-refractivity contribution in [3.05, 3.63) is 0 Å². The number of hydrogen-bond donors (Lipinski definition) is 2. The van der Waals surface area contributed by atoms with Gasteiger partial charge in [-0.25, -0.2) is 0 Å². The molecule has 4 nitrogen and oxygen atoms in total. The lowest BCUT2D eigenvalue weighted by Gasteiger charge is -2.24. The summed E-state index contributed by atoms with van der Waals surface area (Å²) in [5, 5.41) is 7.40. The van der Waals surface area contributed by atoms with Gasteiger partial charge in [-0.3, -0.25) is 5.41 Å². The first-order valence-corrected chi connectivity index (χ1v) is 5.14. The zero-order valence-corrected chi connectivity index (χ0v) is 9.34. The topological polar surface area (TPSA) is 62.3 Å². The van der Waals surface area contributed by atoms with E-state index in [4.69, 9.17) is 15.9 Å². The number of nitrogens with two attached hydrogens (primary N) is 1. The lowest BCUT2D eigenvalue weighted by Crippen LogP contribution is -2.35. The SMILES string of the molecule is CCOC[C@H]1CN(C(=N)N)CC1(C)C. The minimum atomic E-state index is 0.178. The zero-order valence-electron chi connectivity index (χ0n) is 9.34. The molecule has 1 aliphatic heterocycles. The molecule has 0 unspecified atom stereocenters. The van der Waals surface area contributed by atoms with E-state index < -0.39 is 0 Å². The summed E-state index contributed by atoms with van der Waals surface area (Å²) >= 11 is 0. The van der Waals surface area contributed by atoms with Gasteiger partial charge in [0, 0.05) is 25.6 Å². The summed E-state index contributed by atoms with van der Waals surface area (Å²) in [6.45, 7) is 9.66. The van der Waals surface area contributed by atoms with Gasteiger partial charge in [-0.1, -0.05) is 13.8 Å². The van der Waals surface area contributed by atoms with Crippen molar-refractivity contribution < 1.29 is 4.74 Å². The number of ether oxygens (including phenoxy) is 1. The highest BCUT2D eigenvalue weighted by Gasteiger charge is 2.39. The molecule has 14 heavy (non-hydrogen) atoms. The summed E-state index contributed by atoms with van der Waals surface area (Å²) in [6.07, 6.45) is 0. The van der Waals surface area contributed by atoms with E-state index in [2.05, 4.69) is 13.8 Å². The fourth-order valence-electron chi connectivity index (χ4n) is 1.92. The van der Waals surface area contributed by atoms with Crippen molar-refractivity contribution in [2.75, 3.05) is 26.3 Å². The third kappa shape index (κ3) is 2.38. The van der Waals surface area contributed by atoms with E-state index in [9.17, 15) is 0 Å². The summed E-state index contributed by atoms with van der Waals surface area (Å²) < 4.78 is 5.44. The summed E-state index contributed by atoms with van der Waals surface area (Å²) in [6, 6.07) is 0. The van der Waals surface area contributed by atoms with Crippen LogP contribution in [0.2, 0.25) is 0 Å². The van der Waals surface area contributed by atoms with Gasteiger partial charge in [0.05, 0.1) is 6.61 Å². The van der Waals surface area contributed by atoms with Crippen molar-refractivity contribution in [3.63, 3.8) is 0 Å². The molecule has 0 bridgehead atoms. The first-order valence-electron chi connectivity index (χ1n) is 5.14. The molecule has 0 aromatic carbocycles. The molecule has 3 N–H and O–H groups in total. The van der Waals surface area contributed by atoms with Crippen molar-refractivity contribution in [2.24, 2.45) is 17.1 Å². The Kier molecular flexibility index (Phi) is 3.37. The minimum Gasteiger partial charge on any atom is -0.381 e. The van der Waals surface area contributed by atoms with E-state index in [1.165, 1.54) is 0 Å². The summed E-state index contributed by atoms with van der Waals surface area (Å²) in [4.78, 5) is 1.92. The summed E-state index contributed by atoms with van der Waals surface area (Å²) in [7, 11) is 0. The van der Waals surface area contributed by atoms with Gasteiger partial charge < -0.3 is 15.4 Å². The highest BCUT2D eigenvalue weighted by molar-refractivity contribution is 5.75. The van der Waals surface area contributed by atoms with Crippen LogP contribution in [0.15, 0.2) is 0 Å². The highest BCUT2D eigenvalue weighted by atomic mass is 16.5. The van der Waals surface area contributed by atoms with E-state index in [0.717, 1.165) is 26.3 Å². The van der Waals surface area contributed by atoms with Gasteiger partial charge in [0.1, 0.15) is 0 Å². The number of nitrogens with zero attached hydrogens (tertiary/aromatic N) is 1. The maximum absolute atomic E-state index is 7.40. The number of rotatable bonds is 3. The van der Waals surface area contributed by atoms with E-state index in [1.54, 1.807) is 0 Å². The molecule has 1 atom stereocenters. The van der Waals surface area contributed by atoms with Gasteiger partial charge in [0.2, 0.25) is 0 Å². The van der Waals surface area contributed by atoms with Gasteiger partial charge in [0.25, 0.3) is 0 Å². The van der Waals surface area contributed by atoms with Crippen LogP contribution in [0.5, 0.6) is 0 Å².